The zero-order valence-electron chi connectivity index (χ0n) is 15.2. The van der Waals surface area contributed by atoms with Crippen molar-refractivity contribution in [2.75, 3.05) is 19.0 Å². The number of nitrogens with one attached hydrogen (secondary N) is 2. The number of rotatable bonds is 7. The minimum atomic E-state index is -0.949. The number of methoxy groups -OCH3 is 1. The van der Waals surface area contributed by atoms with E-state index in [1.807, 2.05) is 24.3 Å². The maximum Gasteiger partial charge on any atom is 0.269 e. The lowest BCUT2D eigenvalue weighted by atomic mass is 10.1. The number of aromatic nitrogens is 1. The van der Waals surface area contributed by atoms with Crippen molar-refractivity contribution in [3.05, 3.63) is 83.7 Å². The van der Waals surface area contributed by atoms with E-state index in [4.69, 9.17) is 4.74 Å². The Labute approximate surface area is 161 Å². The first kappa shape index (κ1) is 19.3. The normalized spacial score (nSPS) is 10.4. The minimum absolute atomic E-state index is 0.221. The lowest BCUT2D eigenvalue weighted by molar-refractivity contribution is 0.0949. The minimum Gasteiger partial charge on any atom is -0.497 e. The molecule has 1 aromatic heterocycles. The van der Waals surface area contributed by atoms with Gasteiger partial charge in [0.2, 0.25) is 0 Å². The Morgan fingerprint density at radius 3 is 2.64 bits per heavy atom. The van der Waals surface area contributed by atoms with Gasteiger partial charge >= 0.3 is 0 Å². The fraction of sp³-hybridized carbons (Fsp3) is 0.143. The van der Waals surface area contributed by atoms with Gasteiger partial charge in [-0.3, -0.25) is 9.78 Å². The SMILES string of the molecule is COc1cccc(CCNC(=O)c2cc(Nc3ccc(F)c(F)c3)ccn2)c1. The molecule has 0 saturated carbocycles. The van der Waals surface area contributed by atoms with E-state index >= 15 is 0 Å². The number of nitrogens with zero attached hydrogens (tertiary/aromatic N) is 1. The molecule has 1 heterocycles. The first-order valence-electron chi connectivity index (χ1n) is 8.64. The van der Waals surface area contributed by atoms with Crippen molar-refractivity contribution in [3.8, 4) is 5.75 Å². The lowest BCUT2D eigenvalue weighted by Crippen LogP contribution is -2.26. The van der Waals surface area contributed by atoms with Crippen molar-refractivity contribution in [2.45, 2.75) is 6.42 Å². The highest BCUT2D eigenvalue weighted by Crippen LogP contribution is 2.19. The fourth-order valence-corrected chi connectivity index (χ4v) is 2.61. The summed E-state index contributed by atoms with van der Waals surface area (Å²) in [5.41, 5.74) is 2.17. The van der Waals surface area contributed by atoms with E-state index in [9.17, 15) is 13.6 Å². The van der Waals surface area contributed by atoms with Gasteiger partial charge in [-0.2, -0.15) is 0 Å². The van der Waals surface area contributed by atoms with Gasteiger partial charge in [-0.05, 0) is 48.4 Å². The zero-order valence-corrected chi connectivity index (χ0v) is 15.2. The van der Waals surface area contributed by atoms with Gasteiger partial charge in [0.15, 0.2) is 11.6 Å². The van der Waals surface area contributed by atoms with Crippen LogP contribution in [0.3, 0.4) is 0 Å². The molecule has 0 saturated heterocycles. The van der Waals surface area contributed by atoms with E-state index in [0.29, 0.717) is 24.3 Å². The van der Waals surface area contributed by atoms with Gasteiger partial charge in [0.1, 0.15) is 11.4 Å². The van der Waals surface area contributed by atoms with Gasteiger partial charge < -0.3 is 15.4 Å². The summed E-state index contributed by atoms with van der Waals surface area (Å²) < 4.78 is 31.5. The molecule has 5 nitrogen and oxygen atoms in total. The Bertz CT molecular complexity index is 979. The highest BCUT2D eigenvalue weighted by atomic mass is 19.2. The Kier molecular flexibility index (Phi) is 6.16. The van der Waals surface area contributed by atoms with Crippen molar-refractivity contribution >= 4 is 17.3 Å². The van der Waals surface area contributed by atoms with Crippen LogP contribution in [0.15, 0.2) is 60.8 Å². The van der Waals surface area contributed by atoms with Crippen molar-refractivity contribution in [1.29, 1.82) is 0 Å². The number of halogens is 2. The quantitative estimate of drug-likeness (QED) is 0.645. The molecule has 2 aromatic carbocycles. The van der Waals surface area contributed by atoms with Crippen LogP contribution in [0, 0.1) is 11.6 Å². The summed E-state index contributed by atoms with van der Waals surface area (Å²) in [4.78, 5) is 16.4. The predicted octanol–water partition coefficient (Wildman–Crippen LogP) is 4.08. The molecule has 0 atom stereocenters. The molecule has 0 aliphatic rings. The average Bonchev–Trinajstić information content (AvgIpc) is 2.71. The zero-order chi connectivity index (χ0) is 19.9. The molecule has 0 fully saturated rings. The van der Waals surface area contributed by atoms with Crippen LogP contribution in [0.4, 0.5) is 20.2 Å². The Morgan fingerprint density at radius 1 is 1.04 bits per heavy atom. The van der Waals surface area contributed by atoms with E-state index < -0.39 is 11.6 Å². The topological polar surface area (TPSA) is 63.2 Å². The van der Waals surface area contributed by atoms with E-state index in [2.05, 4.69) is 15.6 Å². The molecular formula is C21H19F2N3O2. The summed E-state index contributed by atoms with van der Waals surface area (Å²) in [6, 6.07) is 14.3. The average molecular weight is 383 g/mol. The number of carbonyl (C=O) groups is 1. The summed E-state index contributed by atoms with van der Waals surface area (Å²) in [6.45, 7) is 0.439. The van der Waals surface area contributed by atoms with Gasteiger partial charge in [-0.15, -0.1) is 0 Å². The molecule has 3 aromatic rings. The molecule has 0 aliphatic heterocycles. The summed E-state index contributed by atoms with van der Waals surface area (Å²) in [6.07, 6.45) is 2.12. The number of amides is 1. The van der Waals surface area contributed by atoms with E-state index in [1.165, 1.54) is 12.3 Å². The van der Waals surface area contributed by atoms with Crippen LogP contribution >= 0.6 is 0 Å². The maximum absolute atomic E-state index is 13.3. The standard InChI is InChI=1S/C21H19F2N3O2/c1-28-17-4-2-3-14(11-17)7-9-25-21(27)20-13-16(8-10-24-20)26-15-5-6-18(22)19(23)12-15/h2-6,8,10-13H,7,9H2,1H3,(H,24,26)(H,25,27). The number of pyridine rings is 1. The summed E-state index contributed by atoms with van der Waals surface area (Å²) >= 11 is 0. The molecule has 0 spiro atoms. The third kappa shape index (κ3) is 5.03. The largest absolute Gasteiger partial charge is 0.497 e. The molecule has 28 heavy (non-hydrogen) atoms. The van der Waals surface area contributed by atoms with Crippen molar-refractivity contribution in [1.82, 2.24) is 10.3 Å². The Hall–Kier alpha value is -3.48. The van der Waals surface area contributed by atoms with Crippen molar-refractivity contribution in [3.63, 3.8) is 0 Å². The number of hydrogen-bond acceptors (Lipinski definition) is 4. The number of anilines is 2. The molecule has 144 valence electrons. The third-order valence-electron chi connectivity index (χ3n) is 4.03. The summed E-state index contributed by atoms with van der Waals surface area (Å²) in [5, 5.41) is 5.73. The van der Waals surface area contributed by atoms with E-state index in [0.717, 1.165) is 23.4 Å². The lowest BCUT2D eigenvalue weighted by Gasteiger charge is -2.09. The predicted molar refractivity (Wildman–Crippen MR) is 103 cm³/mol. The van der Waals surface area contributed by atoms with Crippen molar-refractivity contribution in [2.24, 2.45) is 0 Å². The van der Waals surface area contributed by atoms with Crippen LogP contribution in [0.1, 0.15) is 16.1 Å². The van der Waals surface area contributed by atoms with Gasteiger partial charge in [0.05, 0.1) is 7.11 Å². The van der Waals surface area contributed by atoms with Crippen LogP contribution < -0.4 is 15.4 Å². The molecule has 2 N–H and O–H groups in total. The molecule has 0 unspecified atom stereocenters. The maximum atomic E-state index is 13.3. The highest BCUT2D eigenvalue weighted by Gasteiger charge is 2.09. The van der Waals surface area contributed by atoms with E-state index in [-0.39, 0.29) is 11.6 Å². The van der Waals surface area contributed by atoms with Crippen LogP contribution in [-0.4, -0.2) is 24.5 Å². The molecule has 3 rings (SSSR count). The van der Waals surface area contributed by atoms with Crippen LogP contribution in [0.5, 0.6) is 5.75 Å². The summed E-state index contributed by atoms with van der Waals surface area (Å²) in [5.74, 6) is -1.43. The molecule has 1 amide bonds. The fourth-order valence-electron chi connectivity index (χ4n) is 2.61. The number of carbonyl (C=O) groups excluding carboxylic acids is 1. The monoisotopic (exact) mass is 383 g/mol. The van der Waals surface area contributed by atoms with Gasteiger partial charge in [0, 0.05) is 30.2 Å². The molecule has 0 bridgehead atoms. The second-order valence-electron chi connectivity index (χ2n) is 6.04. The van der Waals surface area contributed by atoms with Crippen LogP contribution in [0.25, 0.3) is 0 Å². The molecule has 0 radical (unpaired) electrons. The van der Waals surface area contributed by atoms with Gasteiger partial charge in [-0.25, -0.2) is 8.78 Å². The number of benzene rings is 2. The first-order valence-corrected chi connectivity index (χ1v) is 8.64. The second-order valence-corrected chi connectivity index (χ2v) is 6.04. The summed E-state index contributed by atoms with van der Waals surface area (Å²) in [7, 11) is 1.61. The Balaban J connectivity index is 1.59. The number of hydrogen-bond donors (Lipinski definition) is 2. The first-order chi connectivity index (χ1) is 13.5. The molecule has 0 aliphatic carbocycles. The highest BCUT2D eigenvalue weighted by molar-refractivity contribution is 5.93. The number of ether oxygens (including phenoxy) is 1. The van der Waals surface area contributed by atoms with E-state index in [1.54, 1.807) is 19.2 Å². The Morgan fingerprint density at radius 2 is 1.86 bits per heavy atom. The van der Waals surface area contributed by atoms with Crippen LogP contribution in [0.2, 0.25) is 0 Å². The third-order valence-corrected chi connectivity index (χ3v) is 4.03. The smallest absolute Gasteiger partial charge is 0.269 e. The van der Waals surface area contributed by atoms with Gasteiger partial charge in [-0.1, -0.05) is 12.1 Å². The molecule has 7 heteroatoms. The van der Waals surface area contributed by atoms with Crippen molar-refractivity contribution < 1.29 is 18.3 Å². The second kappa shape index (κ2) is 8.94. The van der Waals surface area contributed by atoms with Crippen LogP contribution in [-0.2, 0) is 6.42 Å². The molecular weight excluding hydrogens is 364 g/mol. The van der Waals surface area contributed by atoms with Gasteiger partial charge in [0.25, 0.3) is 5.91 Å².